The molecule has 1 atom stereocenters. The number of nitrogens with one attached hydrogen (secondary N) is 1. The Hall–Kier alpha value is -2.89. The number of para-hydroxylation sites is 2. The van der Waals surface area contributed by atoms with Crippen molar-refractivity contribution in [3.8, 4) is 5.75 Å². The first-order valence-corrected chi connectivity index (χ1v) is 7.71. The zero-order chi connectivity index (χ0) is 17.1. The van der Waals surface area contributed by atoms with Gasteiger partial charge >= 0.3 is 0 Å². The average molecular weight is 328 g/mol. The van der Waals surface area contributed by atoms with E-state index in [9.17, 15) is 14.0 Å². The normalized spacial score (nSPS) is 14.6. The largest absolute Gasteiger partial charge is 0.481 e. The number of halogens is 1. The number of hydrogen-bond donors (Lipinski definition) is 1. The van der Waals surface area contributed by atoms with Gasteiger partial charge in [0.2, 0.25) is 5.91 Å². The van der Waals surface area contributed by atoms with Gasteiger partial charge in [-0.3, -0.25) is 14.5 Å². The van der Waals surface area contributed by atoms with Gasteiger partial charge < -0.3 is 10.1 Å². The third-order valence-corrected chi connectivity index (χ3v) is 3.77. The van der Waals surface area contributed by atoms with Crippen LogP contribution in [0.15, 0.2) is 48.5 Å². The number of hydrogen-bond acceptors (Lipinski definition) is 3. The molecule has 1 N–H and O–H groups in total. The van der Waals surface area contributed by atoms with E-state index in [1.807, 2.05) is 6.92 Å². The summed E-state index contributed by atoms with van der Waals surface area (Å²) < 4.78 is 18.7. The van der Waals surface area contributed by atoms with Crippen LogP contribution < -0.4 is 15.0 Å². The van der Waals surface area contributed by atoms with Gasteiger partial charge in [0.05, 0.1) is 11.4 Å². The highest BCUT2D eigenvalue weighted by atomic mass is 19.1. The zero-order valence-corrected chi connectivity index (χ0v) is 13.2. The zero-order valence-electron chi connectivity index (χ0n) is 13.2. The molecule has 0 aromatic heterocycles. The molecule has 0 saturated heterocycles. The fraction of sp³-hybridized carbons (Fsp3) is 0.222. The highest BCUT2D eigenvalue weighted by Crippen LogP contribution is 2.30. The first-order valence-electron chi connectivity index (χ1n) is 7.71. The number of fused-ring (bicyclic) bond motifs is 1. The fourth-order valence-electron chi connectivity index (χ4n) is 2.59. The maximum atomic E-state index is 13.0. The molecule has 0 spiro atoms. The molecule has 0 aliphatic carbocycles. The van der Waals surface area contributed by atoms with Crippen LogP contribution in [0, 0.1) is 5.82 Å². The monoisotopic (exact) mass is 328 g/mol. The predicted octanol–water partition coefficient (Wildman–Crippen LogP) is 2.97. The molecule has 0 saturated carbocycles. The lowest BCUT2D eigenvalue weighted by Crippen LogP contribution is -2.48. The molecular weight excluding hydrogens is 311 g/mol. The van der Waals surface area contributed by atoms with Gasteiger partial charge in [-0.1, -0.05) is 19.1 Å². The van der Waals surface area contributed by atoms with Crippen LogP contribution >= 0.6 is 0 Å². The Morgan fingerprint density at radius 2 is 1.96 bits per heavy atom. The van der Waals surface area contributed by atoms with Crippen LogP contribution in [0.5, 0.6) is 5.75 Å². The third-order valence-electron chi connectivity index (χ3n) is 3.77. The molecule has 0 fully saturated rings. The molecule has 3 rings (SSSR count). The Bertz CT molecular complexity index is 761. The van der Waals surface area contributed by atoms with Crippen LogP contribution in [0.2, 0.25) is 0 Å². The molecule has 24 heavy (non-hydrogen) atoms. The van der Waals surface area contributed by atoms with E-state index in [0.29, 0.717) is 23.5 Å². The molecule has 124 valence electrons. The minimum Gasteiger partial charge on any atom is -0.481 e. The van der Waals surface area contributed by atoms with Crippen molar-refractivity contribution in [3.05, 3.63) is 54.3 Å². The summed E-state index contributed by atoms with van der Waals surface area (Å²) in [5, 5.41) is 2.74. The van der Waals surface area contributed by atoms with Crippen molar-refractivity contribution in [2.45, 2.75) is 19.4 Å². The van der Waals surface area contributed by atoms with Crippen molar-refractivity contribution in [1.82, 2.24) is 0 Å². The molecule has 6 heteroatoms. The summed E-state index contributed by atoms with van der Waals surface area (Å²) in [7, 11) is 0. The summed E-state index contributed by atoms with van der Waals surface area (Å²) in [6.07, 6.45) is -0.328. The Morgan fingerprint density at radius 1 is 1.25 bits per heavy atom. The first kappa shape index (κ1) is 16.0. The number of carbonyl (C=O) groups is 2. The van der Waals surface area contributed by atoms with E-state index in [1.165, 1.54) is 29.2 Å². The lowest BCUT2D eigenvalue weighted by atomic mass is 10.1. The van der Waals surface area contributed by atoms with E-state index in [2.05, 4.69) is 5.32 Å². The van der Waals surface area contributed by atoms with Gasteiger partial charge in [0.25, 0.3) is 5.91 Å². The molecule has 1 aliphatic rings. The number of ether oxygens (including phenoxy) is 1. The molecule has 0 radical (unpaired) electrons. The summed E-state index contributed by atoms with van der Waals surface area (Å²) in [6.45, 7) is 1.77. The van der Waals surface area contributed by atoms with Crippen molar-refractivity contribution in [3.63, 3.8) is 0 Å². The molecular formula is C18H17FN2O3. The molecule has 1 unspecified atom stereocenters. The Kier molecular flexibility index (Phi) is 4.46. The standard InChI is InChI=1S/C18H17FN2O3/c1-2-16(24-13-9-7-12(19)8-10-13)18(23)21-11-17(22)20-14-5-3-4-6-15(14)21/h3-10,16H,2,11H2,1H3,(H,20,22). The lowest BCUT2D eigenvalue weighted by Gasteiger charge is -2.31. The quantitative estimate of drug-likeness (QED) is 0.939. The summed E-state index contributed by atoms with van der Waals surface area (Å²) in [6, 6.07) is 12.6. The number of anilines is 2. The summed E-state index contributed by atoms with van der Waals surface area (Å²) in [5.74, 6) is -0.516. The highest BCUT2D eigenvalue weighted by molar-refractivity contribution is 6.11. The van der Waals surface area contributed by atoms with Crippen LogP contribution in [0.3, 0.4) is 0 Å². The molecule has 2 aromatic carbocycles. The summed E-state index contributed by atoms with van der Waals surface area (Å²) in [4.78, 5) is 26.1. The van der Waals surface area contributed by atoms with Crippen LogP contribution in [0.25, 0.3) is 0 Å². The minimum absolute atomic E-state index is 0.0564. The van der Waals surface area contributed by atoms with Crippen molar-refractivity contribution in [2.75, 3.05) is 16.8 Å². The van der Waals surface area contributed by atoms with E-state index >= 15 is 0 Å². The number of nitrogens with zero attached hydrogens (tertiary/aromatic N) is 1. The van der Waals surface area contributed by atoms with Gasteiger partial charge in [-0.05, 0) is 42.8 Å². The summed E-state index contributed by atoms with van der Waals surface area (Å²) >= 11 is 0. The topological polar surface area (TPSA) is 58.6 Å². The van der Waals surface area contributed by atoms with Gasteiger partial charge in [0.15, 0.2) is 6.10 Å². The number of amides is 2. The van der Waals surface area contributed by atoms with E-state index in [1.54, 1.807) is 24.3 Å². The molecule has 2 aromatic rings. The molecule has 0 bridgehead atoms. The molecule has 5 nitrogen and oxygen atoms in total. The van der Waals surface area contributed by atoms with Crippen molar-refractivity contribution < 1.29 is 18.7 Å². The smallest absolute Gasteiger partial charge is 0.268 e. The van der Waals surface area contributed by atoms with Crippen molar-refractivity contribution in [2.24, 2.45) is 0 Å². The van der Waals surface area contributed by atoms with Gasteiger partial charge in [-0.15, -0.1) is 0 Å². The SMILES string of the molecule is CCC(Oc1ccc(F)cc1)C(=O)N1CC(=O)Nc2ccccc21. The second-order valence-electron chi connectivity index (χ2n) is 5.46. The van der Waals surface area contributed by atoms with Gasteiger partial charge in [-0.25, -0.2) is 4.39 Å². The van der Waals surface area contributed by atoms with Crippen LogP contribution in [-0.4, -0.2) is 24.5 Å². The summed E-state index contributed by atoms with van der Waals surface area (Å²) in [5.41, 5.74) is 1.24. The number of benzene rings is 2. The first-order chi connectivity index (χ1) is 11.6. The maximum Gasteiger partial charge on any atom is 0.268 e. The second-order valence-corrected chi connectivity index (χ2v) is 5.46. The Labute approximate surface area is 139 Å². The van der Waals surface area contributed by atoms with E-state index in [0.717, 1.165) is 0 Å². The van der Waals surface area contributed by atoms with Crippen LogP contribution in [0.1, 0.15) is 13.3 Å². The van der Waals surface area contributed by atoms with Gasteiger partial charge in [0.1, 0.15) is 18.1 Å². The fourth-order valence-corrected chi connectivity index (χ4v) is 2.59. The molecule has 1 aliphatic heterocycles. The van der Waals surface area contributed by atoms with Gasteiger partial charge in [0, 0.05) is 0 Å². The van der Waals surface area contributed by atoms with Gasteiger partial charge in [-0.2, -0.15) is 0 Å². The molecule has 2 amide bonds. The maximum absolute atomic E-state index is 13.0. The predicted molar refractivity (Wildman–Crippen MR) is 88.5 cm³/mol. The Morgan fingerprint density at radius 3 is 2.67 bits per heavy atom. The van der Waals surface area contributed by atoms with E-state index < -0.39 is 6.10 Å². The van der Waals surface area contributed by atoms with Crippen molar-refractivity contribution >= 4 is 23.2 Å². The van der Waals surface area contributed by atoms with Crippen molar-refractivity contribution in [1.29, 1.82) is 0 Å². The number of carbonyl (C=O) groups excluding carboxylic acids is 2. The number of rotatable bonds is 4. The van der Waals surface area contributed by atoms with E-state index in [-0.39, 0.29) is 24.2 Å². The average Bonchev–Trinajstić information content (AvgIpc) is 2.60. The van der Waals surface area contributed by atoms with Crippen LogP contribution in [-0.2, 0) is 9.59 Å². The third kappa shape index (κ3) is 3.22. The van der Waals surface area contributed by atoms with E-state index in [4.69, 9.17) is 4.74 Å². The minimum atomic E-state index is -0.755. The second kappa shape index (κ2) is 6.70. The highest BCUT2D eigenvalue weighted by Gasteiger charge is 2.31. The Balaban J connectivity index is 1.83. The van der Waals surface area contributed by atoms with Crippen LogP contribution in [0.4, 0.5) is 15.8 Å². The lowest BCUT2D eigenvalue weighted by molar-refractivity contribution is -0.127. The molecule has 1 heterocycles.